The van der Waals surface area contributed by atoms with E-state index in [2.05, 4.69) is 5.43 Å². The molecule has 0 aliphatic heterocycles. The summed E-state index contributed by atoms with van der Waals surface area (Å²) in [6.45, 7) is 0. The van der Waals surface area contributed by atoms with Crippen molar-refractivity contribution < 1.29 is 14.4 Å². The van der Waals surface area contributed by atoms with E-state index < -0.39 is 0 Å². The smallest absolute Gasteiger partial charge is 0.265 e. The minimum absolute atomic E-state index is 0.273. The summed E-state index contributed by atoms with van der Waals surface area (Å²) in [6.07, 6.45) is 3.36. The molecule has 0 aromatic heterocycles. The van der Waals surface area contributed by atoms with Gasteiger partial charge in [0.25, 0.3) is 5.91 Å². The maximum atomic E-state index is 11.0. The fourth-order valence-electron chi connectivity index (χ4n) is 1.09. The van der Waals surface area contributed by atoms with Gasteiger partial charge in [-0.3, -0.25) is 19.8 Å². The molecule has 0 spiro atoms. The number of amides is 1. The van der Waals surface area contributed by atoms with Crippen LogP contribution in [0.5, 0.6) is 0 Å². The van der Waals surface area contributed by atoms with E-state index in [9.17, 15) is 14.4 Å². The molecular formula is C13H17N3O3. The summed E-state index contributed by atoms with van der Waals surface area (Å²) >= 11 is 0. The first kappa shape index (κ1) is 16.5. The van der Waals surface area contributed by atoms with Crippen molar-refractivity contribution in [2.45, 2.75) is 0 Å². The van der Waals surface area contributed by atoms with E-state index in [0.717, 1.165) is 17.8 Å². The second-order valence-electron chi connectivity index (χ2n) is 3.57. The van der Waals surface area contributed by atoms with E-state index in [1.807, 2.05) is 31.1 Å². The number of aldehydes is 2. The first-order valence-electron chi connectivity index (χ1n) is 5.40. The first-order valence-corrected chi connectivity index (χ1v) is 5.40. The monoisotopic (exact) mass is 263 g/mol. The highest BCUT2D eigenvalue weighted by Gasteiger charge is 2.02. The van der Waals surface area contributed by atoms with E-state index in [4.69, 9.17) is 5.84 Å². The van der Waals surface area contributed by atoms with Crippen molar-refractivity contribution in [3.8, 4) is 0 Å². The van der Waals surface area contributed by atoms with Crippen LogP contribution in [0.3, 0.4) is 0 Å². The summed E-state index contributed by atoms with van der Waals surface area (Å²) in [5, 5.41) is 0. The highest BCUT2D eigenvalue weighted by Crippen LogP contribution is 2.11. The minimum atomic E-state index is -0.273. The number of rotatable bonds is 4. The molecule has 1 aromatic rings. The van der Waals surface area contributed by atoms with Gasteiger partial charge in [-0.15, -0.1) is 0 Å². The quantitative estimate of drug-likeness (QED) is 0.268. The molecule has 0 aliphatic carbocycles. The van der Waals surface area contributed by atoms with Gasteiger partial charge in [0.2, 0.25) is 0 Å². The van der Waals surface area contributed by atoms with E-state index in [0.29, 0.717) is 18.1 Å². The molecule has 0 saturated heterocycles. The van der Waals surface area contributed by atoms with Crippen LogP contribution in [0.1, 0.15) is 10.4 Å². The number of nitrogens with one attached hydrogen (secondary N) is 1. The second-order valence-corrected chi connectivity index (χ2v) is 3.57. The largest absolute Gasteiger partial charge is 0.378 e. The van der Waals surface area contributed by atoms with Crippen molar-refractivity contribution in [3.05, 3.63) is 42.0 Å². The lowest BCUT2D eigenvalue weighted by atomic mass is 10.2. The molecule has 102 valence electrons. The van der Waals surface area contributed by atoms with E-state index in [1.165, 1.54) is 0 Å². The zero-order valence-electron chi connectivity index (χ0n) is 10.9. The van der Waals surface area contributed by atoms with Gasteiger partial charge in [0.05, 0.1) is 0 Å². The molecule has 0 unspecified atom stereocenters. The first-order chi connectivity index (χ1) is 9.06. The lowest BCUT2D eigenvalue weighted by Crippen LogP contribution is -2.29. The van der Waals surface area contributed by atoms with E-state index in [-0.39, 0.29) is 5.91 Å². The van der Waals surface area contributed by atoms with Gasteiger partial charge >= 0.3 is 0 Å². The summed E-state index contributed by atoms with van der Waals surface area (Å²) in [5.41, 5.74) is 3.69. The number of carbonyl (C=O) groups is 3. The Morgan fingerprint density at radius 1 is 1.11 bits per heavy atom. The Morgan fingerprint density at radius 2 is 1.58 bits per heavy atom. The third-order valence-electron chi connectivity index (χ3n) is 2.05. The summed E-state index contributed by atoms with van der Waals surface area (Å²) < 4.78 is 0. The molecule has 1 rings (SSSR count). The van der Waals surface area contributed by atoms with Crippen LogP contribution in [0.15, 0.2) is 36.4 Å². The minimum Gasteiger partial charge on any atom is -0.378 e. The number of nitrogen functional groups attached to an aromatic ring is 1. The van der Waals surface area contributed by atoms with Gasteiger partial charge in [-0.2, -0.15) is 0 Å². The molecular weight excluding hydrogens is 246 g/mol. The Bertz CT molecular complexity index is 429. The van der Waals surface area contributed by atoms with E-state index >= 15 is 0 Å². The zero-order valence-corrected chi connectivity index (χ0v) is 10.9. The molecule has 0 radical (unpaired) electrons. The maximum Gasteiger partial charge on any atom is 0.265 e. The number of hydrogen-bond acceptors (Lipinski definition) is 5. The molecule has 3 N–H and O–H groups in total. The summed E-state index contributed by atoms with van der Waals surface area (Å²) in [6, 6.07) is 7.20. The SMILES string of the molecule is CN(C)c1ccc(C(=O)NN)cc1.O=C/C=C\C=O. The lowest BCUT2D eigenvalue weighted by molar-refractivity contribution is -0.106. The maximum absolute atomic E-state index is 11.0. The molecule has 6 nitrogen and oxygen atoms in total. The predicted molar refractivity (Wildman–Crippen MR) is 73.7 cm³/mol. The Hall–Kier alpha value is -2.47. The van der Waals surface area contributed by atoms with Crippen molar-refractivity contribution in [2.75, 3.05) is 19.0 Å². The third kappa shape index (κ3) is 6.75. The summed E-state index contributed by atoms with van der Waals surface area (Å²) in [5.74, 6) is 4.72. The number of nitrogens with two attached hydrogens (primary N) is 1. The van der Waals surface area contributed by atoms with Crippen molar-refractivity contribution in [3.63, 3.8) is 0 Å². The molecule has 1 aromatic carbocycles. The molecule has 0 bridgehead atoms. The molecule has 1 amide bonds. The fourth-order valence-corrected chi connectivity index (χ4v) is 1.09. The molecule has 6 heteroatoms. The average Bonchev–Trinajstić information content (AvgIpc) is 2.45. The number of nitrogens with zero attached hydrogens (tertiary/aromatic N) is 1. The Labute approximate surface area is 111 Å². The van der Waals surface area contributed by atoms with Gasteiger partial charge in [0.15, 0.2) is 0 Å². The van der Waals surface area contributed by atoms with Gasteiger partial charge in [-0.25, -0.2) is 5.84 Å². The molecule has 0 heterocycles. The van der Waals surface area contributed by atoms with Crippen LogP contribution < -0.4 is 16.2 Å². The predicted octanol–water partition coefficient (Wildman–Crippen LogP) is 0.296. The lowest BCUT2D eigenvalue weighted by Gasteiger charge is -2.12. The average molecular weight is 263 g/mol. The summed E-state index contributed by atoms with van der Waals surface area (Å²) in [4.78, 5) is 31.6. The van der Waals surface area contributed by atoms with Gasteiger partial charge in [-0.1, -0.05) is 0 Å². The number of carbonyl (C=O) groups excluding carboxylic acids is 3. The van der Waals surface area contributed by atoms with Crippen LogP contribution >= 0.6 is 0 Å². The topological polar surface area (TPSA) is 92.5 Å². The van der Waals surface area contributed by atoms with Gasteiger partial charge in [-0.05, 0) is 36.4 Å². The van der Waals surface area contributed by atoms with Crippen LogP contribution in [0, 0.1) is 0 Å². The third-order valence-corrected chi connectivity index (χ3v) is 2.05. The van der Waals surface area contributed by atoms with Crippen molar-refractivity contribution >= 4 is 24.2 Å². The van der Waals surface area contributed by atoms with Gasteiger partial charge in [0, 0.05) is 25.3 Å². The highest BCUT2D eigenvalue weighted by molar-refractivity contribution is 5.94. The Morgan fingerprint density at radius 3 is 1.89 bits per heavy atom. The van der Waals surface area contributed by atoms with Gasteiger partial charge in [0.1, 0.15) is 12.6 Å². The standard InChI is InChI=1S/C9H13N3O.C4H4O2/c1-12(2)8-5-3-7(4-6-8)9(13)11-10;5-3-1-2-4-6/h3-6H,10H2,1-2H3,(H,11,13);1-4H/b;2-1-. The zero-order chi connectivity index (χ0) is 14.7. The number of anilines is 1. The number of hydrogen-bond donors (Lipinski definition) is 2. The fraction of sp³-hybridized carbons (Fsp3) is 0.154. The van der Waals surface area contributed by atoms with Crippen molar-refractivity contribution in [1.82, 2.24) is 5.43 Å². The molecule has 19 heavy (non-hydrogen) atoms. The summed E-state index contributed by atoms with van der Waals surface area (Å²) in [7, 11) is 3.88. The number of allylic oxidation sites excluding steroid dienone is 2. The van der Waals surface area contributed by atoms with Crippen LogP contribution in [-0.2, 0) is 9.59 Å². The van der Waals surface area contributed by atoms with E-state index in [1.54, 1.807) is 12.1 Å². The van der Waals surface area contributed by atoms with Crippen LogP contribution in [0.25, 0.3) is 0 Å². The molecule has 0 atom stereocenters. The molecule has 0 saturated carbocycles. The van der Waals surface area contributed by atoms with Crippen LogP contribution in [-0.4, -0.2) is 32.6 Å². The van der Waals surface area contributed by atoms with Crippen molar-refractivity contribution in [1.29, 1.82) is 0 Å². The van der Waals surface area contributed by atoms with Crippen LogP contribution in [0.2, 0.25) is 0 Å². The van der Waals surface area contributed by atoms with Crippen LogP contribution in [0.4, 0.5) is 5.69 Å². The second kappa shape index (κ2) is 9.55. The highest BCUT2D eigenvalue weighted by atomic mass is 16.2. The molecule has 0 fully saturated rings. The van der Waals surface area contributed by atoms with Crippen molar-refractivity contribution in [2.24, 2.45) is 5.84 Å². The normalized spacial score (nSPS) is 9.21. The Balaban J connectivity index is 0.000000459. The number of benzene rings is 1. The number of hydrazine groups is 1. The Kier molecular flexibility index (Phi) is 8.31. The molecule has 0 aliphatic rings. The van der Waals surface area contributed by atoms with Gasteiger partial charge < -0.3 is 4.90 Å².